The number of halogens is 6. The van der Waals surface area contributed by atoms with Crippen molar-refractivity contribution in [1.29, 1.82) is 0 Å². The number of anilines is 1. The highest BCUT2D eigenvalue weighted by atomic mass is 19.4. The summed E-state index contributed by atoms with van der Waals surface area (Å²) in [6, 6.07) is 8.32. The molecule has 0 spiro atoms. The maximum absolute atomic E-state index is 14.0. The Labute approximate surface area is 212 Å². The lowest BCUT2D eigenvalue weighted by Crippen LogP contribution is -2.28. The molecule has 0 N–H and O–H groups in total. The molecule has 0 unspecified atom stereocenters. The van der Waals surface area contributed by atoms with Crippen LogP contribution in [-0.2, 0) is 31.7 Å². The molecule has 0 saturated carbocycles. The van der Waals surface area contributed by atoms with Gasteiger partial charge in [0.1, 0.15) is 11.8 Å². The van der Waals surface area contributed by atoms with Gasteiger partial charge in [-0.3, -0.25) is 9.59 Å². The minimum Gasteiger partial charge on any atom is -0.364 e. The fourth-order valence-corrected chi connectivity index (χ4v) is 4.91. The van der Waals surface area contributed by atoms with Gasteiger partial charge in [-0.2, -0.15) is 26.3 Å². The summed E-state index contributed by atoms with van der Waals surface area (Å²) in [6.45, 7) is 0.540. The van der Waals surface area contributed by atoms with Crippen LogP contribution in [-0.4, -0.2) is 35.0 Å². The molecule has 1 fully saturated rings. The number of nitrogens with zero attached hydrogens (tertiary/aromatic N) is 3. The van der Waals surface area contributed by atoms with Crippen LogP contribution in [0.2, 0.25) is 0 Å². The van der Waals surface area contributed by atoms with E-state index in [1.807, 2.05) is 0 Å². The van der Waals surface area contributed by atoms with Crippen molar-refractivity contribution >= 4 is 17.5 Å². The Morgan fingerprint density at radius 2 is 1.66 bits per heavy atom. The van der Waals surface area contributed by atoms with Crippen LogP contribution in [0.3, 0.4) is 0 Å². The number of aryl methyl sites for hydroxylation is 2. The Kier molecular flexibility index (Phi) is 6.44. The smallest absolute Gasteiger partial charge is 0.364 e. The molecule has 12 heteroatoms. The highest BCUT2D eigenvalue weighted by Gasteiger charge is 2.41. The number of amides is 2. The molecule has 2 amide bonds. The van der Waals surface area contributed by atoms with Gasteiger partial charge in [-0.15, -0.1) is 0 Å². The summed E-state index contributed by atoms with van der Waals surface area (Å²) < 4.78 is 85.7. The van der Waals surface area contributed by atoms with E-state index in [2.05, 4.69) is 9.68 Å². The number of carbonyl (C=O) groups is 2. The third-order valence-corrected chi connectivity index (χ3v) is 6.81. The van der Waals surface area contributed by atoms with E-state index in [-0.39, 0.29) is 41.8 Å². The van der Waals surface area contributed by atoms with Gasteiger partial charge < -0.3 is 14.3 Å². The number of fused-ring (bicyclic) bond motifs is 1. The lowest BCUT2D eigenvalue weighted by Gasteiger charge is -2.18. The van der Waals surface area contributed by atoms with E-state index in [9.17, 15) is 35.9 Å². The van der Waals surface area contributed by atoms with Gasteiger partial charge in [0.2, 0.25) is 0 Å². The average Bonchev–Trinajstić information content (AvgIpc) is 3.62. The summed E-state index contributed by atoms with van der Waals surface area (Å²) >= 11 is 0. The fraction of sp³-hybridized carbons (Fsp3) is 0.346. The highest BCUT2D eigenvalue weighted by Crippen LogP contribution is 2.40. The average molecular weight is 537 g/mol. The van der Waals surface area contributed by atoms with E-state index in [0.717, 1.165) is 18.9 Å². The first-order valence-corrected chi connectivity index (χ1v) is 11.9. The first-order valence-electron chi connectivity index (χ1n) is 11.9. The summed E-state index contributed by atoms with van der Waals surface area (Å²) in [4.78, 5) is 28.8. The number of rotatable bonds is 5. The summed E-state index contributed by atoms with van der Waals surface area (Å²) in [5.74, 6) is -1.23. The highest BCUT2D eigenvalue weighted by molar-refractivity contribution is 6.11. The molecular formula is C26H21F6N3O3. The Morgan fingerprint density at radius 3 is 2.34 bits per heavy atom. The van der Waals surface area contributed by atoms with Crippen molar-refractivity contribution in [3.05, 3.63) is 81.7 Å². The Bertz CT molecular complexity index is 1390. The quantitative estimate of drug-likeness (QED) is 0.381. The molecule has 2 aliphatic heterocycles. The third kappa shape index (κ3) is 4.86. The van der Waals surface area contributed by atoms with E-state index in [1.165, 1.54) is 21.9 Å². The number of benzene rings is 2. The van der Waals surface area contributed by atoms with Crippen LogP contribution in [0.1, 0.15) is 61.5 Å². The maximum Gasteiger partial charge on any atom is 0.421 e. The van der Waals surface area contributed by atoms with E-state index in [0.29, 0.717) is 30.6 Å². The summed E-state index contributed by atoms with van der Waals surface area (Å²) in [5.41, 5.74) is -2.02. The minimum atomic E-state index is -4.78. The van der Waals surface area contributed by atoms with Crippen molar-refractivity contribution in [3.8, 4) is 0 Å². The van der Waals surface area contributed by atoms with Gasteiger partial charge in [0.05, 0.1) is 17.8 Å². The molecule has 2 aromatic carbocycles. The summed E-state index contributed by atoms with van der Waals surface area (Å²) in [6.07, 6.45) is -7.30. The fourth-order valence-electron chi connectivity index (χ4n) is 4.91. The summed E-state index contributed by atoms with van der Waals surface area (Å²) in [7, 11) is 0. The molecule has 6 nitrogen and oxygen atoms in total. The van der Waals surface area contributed by atoms with Crippen molar-refractivity contribution in [2.24, 2.45) is 0 Å². The van der Waals surface area contributed by atoms with E-state index in [4.69, 9.17) is 0 Å². The zero-order valence-electron chi connectivity index (χ0n) is 19.8. The molecule has 0 aliphatic carbocycles. The van der Waals surface area contributed by atoms with Gasteiger partial charge >= 0.3 is 12.4 Å². The van der Waals surface area contributed by atoms with Crippen LogP contribution in [0.5, 0.6) is 0 Å². The Morgan fingerprint density at radius 1 is 0.947 bits per heavy atom. The largest absolute Gasteiger partial charge is 0.421 e. The first kappa shape index (κ1) is 25.8. The SMILES string of the molecule is O=C(c1cc2c(c(C(F)(F)F)c1)CN(c1cccc(CCc3nocc3C(F)(F)F)c1)C2=O)N1CCCC1. The number of aromatic nitrogens is 1. The van der Waals surface area contributed by atoms with Gasteiger partial charge in [-0.1, -0.05) is 17.3 Å². The van der Waals surface area contributed by atoms with Crippen LogP contribution in [0, 0.1) is 0 Å². The van der Waals surface area contributed by atoms with E-state index in [1.54, 1.807) is 18.2 Å². The van der Waals surface area contributed by atoms with Gasteiger partial charge in [0.15, 0.2) is 0 Å². The van der Waals surface area contributed by atoms with Crippen LogP contribution in [0.15, 0.2) is 47.2 Å². The van der Waals surface area contributed by atoms with Crippen LogP contribution < -0.4 is 4.90 Å². The number of likely N-dealkylation sites (tertiary alicyclic amines) is 1. The van der Waals surface area contributed by atoms with Gasteiger partial charge in [-0.25, -0.2) is 0 Å². The van der Waals surface area contributed by atoms with Crippen molar-refractivity contribution in [3.63, 3.8) is 0 Å². The van der Waals surface area contributed by atoms with Crippen molar-refractivity contribution in [2.45, 2.75) is 44.6 Å². The van der Waals surface area contributed by atoms with Crippen molar-refractivity contribution < 1.29 is 40.5 Å². The number of alkyl halides is 6. The van der Waals surface area contributed by atoms with Gasteiger partial charge in [-0.05, 0) is 61.1 Å². The standard InChI is InChI=1S/C26H21F6N3O3/c27-25(28,29)20-12-16(23(36)34-8-1-2-9-34)11-18-19(20)13-35(24(18)37)17-5-3-4-15(10-17)6-7-22-21(14-38-33-22)26(30,31)32/h3-5,10-12,14H,1-2,6-9,13H2. The molecule has 2 aliphatic rings. The number of carbonyl (C=O) groups excluding carboxylic acids is 2. The normalized spacial score (nSPS) is 15.9. The predicted molar refractivity (Wildman–Crippen MR) is 122 cm³/mol. The zero-order chi connectivity index (χ0) is 27.2. The topological polar surface area (TPSA) is 66.7 Å². The van der Waals surface area contributed by atoms with Gasteiger partial charge in [0, 0.05) is 29.9 Å². The molecular weight excluding hydrogens is 516 g/mol. The second-order valence-electron chi connectivity index (χ2n) is 9.28. The zero-order valence-corrected chi connectivity index (χ0v) is 19.8. The van der Waals surface area contributed by atoms with E-state index >= 15 is 0 Å². The molecule has 1 aromatic heterocycles. The maximum atomic E-state index is 14.0. The summed E-state index contributed by atoms with van der Waals surface area (Å²) in [5, 5.41) is 3.42. The van der Waals surface area contributed by atoms with Crippen LogP contribution >= 0.6 is 0 Å². The Hall–Kier alpha value is -3.83. The van der Waals surface area contributed by atoms with Crippen LogP contribution in [0.4, 0.5) is 32.0 Å². The number of hydrogen-bond donors (Lipinski definition) is 0. The molecule has 200 valence electrons. The molecule has 1 saturated heterocycles. The van der Waals surface area contributed by atoms with Crippen molar-refractivity contribution in [1.82, 2.24) is 10.1 Å². The number of hydrogen-bond acceptors (Lipinski definition) is 4. The van der Waals surface area contributed by atoms with E-state index < -0.39 is 35.3 Å². The molecule has 3 heterocycles. The molecule has 0 bridgehead atoms. The minimum absolute atomic E-state index is 0.0941. The second kappa shape index (κ2) is 9.48. The second-order valence-corrected chi connectivity index (χ2v) is 9.28. The first-order chi connectivity index (χ1) is 17.9. The third-order valence-electron chi connectivity index (χ3n) is 6.81. The molecule has 0 atom stereocenters. The Balaban J connectivity index is 1.41. The van der Waals surface area contributed by atoms with Gasteiger partial charge in [0.25, 0.3) is 11.8 Å². The monoisotopic (exact) mass is 537 g/mol. The molecule has 5 rings (SSSR count). The lowest BCUT2D eigenvalue weighted by molar-refractivity contribution is -0.139. The molecule has 38 heavy (non-hydrogen) atoms. The predicted octanol–water partition coefficient (Wildman–Crippen LogP) is 5.89. The van der Waals surface area contributed by atoms with Crippen molar-refractivity contribution in [2.75, 3.05) is 18.0 Å². The molecule has 3 aromatic rings. The lowest BCUT2D eigenvalue weighted by atomic mass is 9.98. The van der Waals surface area contributed by atoms with Crippen LogP contribution in [0.25, 0.3) is 0 Å². The molecule has 0 radical (unpaired) electrons.